The molecule has 2 aliphatic heterocycles. The van der Waals surface area contributed by atoms with Crippen LogP contribution in [0.2, 0.25) is 5.02 Å². The zero-order valence-electron chi connectivity index (χ0n) is 18.2. The number of piperidine rings is 1. The Morgan fingerprint density at radius 3 is 2.56 bits per heavy atom. The molecule has 2 saturated heterocycles. The van der Waals surface area contributed by atoms with Crippen LogP contribution in [0.4, 0.5) is 9.93 Å². The predicted octanol–water partition coefficient (Wildman–Crippen LogP) is 3.30. The Kier molecular flexibility index (Phi) is 7.47. The number of hydrogen-bond donors (Lipinski definition) is 0. The Balaban J connectivity index is 1.32. The van der Waals surface area contributed by atoms with Gasteiger partial charge < -0.3 is 19.4 Å². The number of hydrogen-bond acceptors (Lipinski definition) is 7. The second kappa shape index (κ2) is 10.5. The molecule has 2 aromatic rings. The highest BCUT2D eigenvalue weighted by Crippen LogP contribution is 2.27. The smallest absolute Gasteiger partial charge is 0.409 e. The average Bonchev–Trinajstić information content (AvgIpc) is 3.29. The summed E-state index contributed by atoms with van der Waals surface area (Å²) in [5.74, 6) is 0.904. The number of halogens is 1. The van der Waals surface area contributed by atoms with Gasteiger partial charge in [0.2, 0.25) is 11.0 Å². The highest BCUT2D eigenvalue weighted by atomic mass is 35.5. The molecule has 0 N–H and O–H groups in total. The summed E-state index contributed by atoms with van der Waals surface area (Å²) in [6.07, 6.45) is 2.19. The maximum Gasteiger partial charge on any atom is 0.409 e. The number of nitrogens with zero attached hydrogens (tertiary/aromatic N) is 5. The predicted molar refractivity (Wildman–Crippen MR) is 124 cm³/mol. The fraction of sp³-hybridized carbons (Fsp3) is 0.545. The Morgan fingerprint density at radius 2 is 1.84 bits per heavy atom. The minimum Gasteiger partial charge on any atom is -0.450 e. The number of amides is 2. The molecule has 2 amide bonds. The molecular formula is C22H28ClN5O3S. The van der Waals surface area contributed by atoms with E-state index >= 15 is 0 Å². The molecule has 1 atom stereocenters. The maximum absolute atomic E-state index is 13.1. The molecule has 172 valence electrons. The monoisotopic (exact) mass is 477 g/mol. The van der Waals surface area contributed by atoms with Crippen LogP contribution >= 0.6 is 23.1 Å². The SMILES string of the molecule is CCOC(=O)N1CCN(C(=O)C2CCCN(c3nc(Cc4ccc(Cl)cc4)ns3)C2)CC1. The first-order valence-electron chi connectivity index (χ1n) is 11.1. The van der Waals surface area contributed by atoms with Crippen LogP contribution in [-0.4, -0.2) is 77.0 Å². The summed E-state index contributed by atoms with van der Waals surface area (Å²) in [5.41, 5.74) is 1.12. The van der Waals surface area contributed by atoms with Crippen molar-refractivity contribution in [2.24, 2.45) is 5.92 Å². The summed E-state index contributed by atoms with van der Waals surface area (Å²) < 4.78 is 9.58. The molecule has 1 aromatic heterocycles. The Morgan fingerprint density at radius 1 is 1.12 bits per heavy atom. The molecule has 4 rings (SSSR count). The highest BCUT2D eigenvalue weighted by molar-refractivity contribution is 7.09. The van der Waals surface area contributed by atoms with Crippen LogP contribution in [0.25, 0.3) is 0 Å². The Labute approximate surface area is 197 Å². The Bertz CT molecular complexity index is 930. The van der Waals surface area contributed by atoms with Crippen LogP contribution in [0, 0.1) is 5.92 Å². The number of ether oxygens (including phenoxy) is 1. The minimum atomic E-state index is -0.297. The van der Waals surface area contributed by atoms with Crippen molar-refractivity contribution in [3.05, 3.63) is 40.7 Å². The van der Waals surface area contributed by atoms with Gasteiger partial charge in [-0.05, 0) is 37.5 Å². The van der Waals surface area contributed by atoms with Gasteiger partial charge in [-0.15, -0.1) is 0 Å². The lowest BCUT2D eigenvalue weighted by Gasteiger charge is -2.38. The van der Waals surface area contributed by atoms with Crippen molar-refractivity contribution in [1.82, 2.24) is 19.2 Å². The van der Waals surface area contributed by atoms with Gasteiger partial charge in [0.25, 0.3) is 0 Å². The van der Waals surface area contributed by atoms with E-state index in [0.717, 1.165) is 35.9 Å². The molecule has 0 saturated carbocycles. The van der Waals surface area contributed by atoms with Gasteiger partial charge in [0.1, 0.15) is 5.82 Å². The van der Waals surface area contributed by atoms with Gasteiger partial charge in [0.15, 0.2) is 0 Å². The van der Waals surface area contributed by atoms with E-state index in [9.17, 15) is 9.59 Å². The molecule has 0 aliphatic carbocycles. The lowest BCUT2D eigenvalue weighted by Crippen LogP contribution is -2.53. The van der Waals surface area contributed by atoms with Gasteiger partial charge in [-0.3, -0.25) is 4.79 Å². The zero-order valence-corrected chi connectivity index (χ0v) is 19.8. The van der Waals surface area contributed by atoms with E-state index in [1.807, 2.05) is 29.2 Å². The van der Waals surface area contributed by atoms with E-state index < -0.39 is 0 Å². The van der Waals surface area contributed by atoms with Gasteiger partial charge in [-0.2, -0.15) is 4.37 Å². The molecule has 32 heavy (non-hydrogen) atoms. The third kappa shape index (κ3) is 5.50. The molecule has 8 nitrogen and oxygen atoms in total. The van der Waals surface area contributed by atoms with Gasteiger partial charge >= 0.3 is 6.09 Å². The molecule has 0 spiro atoms. The number of aromatic nitrogens is 2. The van der Waals surface area contributed by atoms with E-state index in [4.69, 9.17) is 21.3 Å². The van der Waals surface area contributed by atoms with Crippen LogP contribution in [-0.2, 0) is 16.0 Å². The van der Waals surface area contributed by atoms with E-state index in [1.54, 1.807) is 11.8 Å². The quantitative estimate of drug-likeness (QED) is 0.657. The number of anilines is 1. The lowest BCUT2D eigenvalue weighted by molar-refractivity contribution is -0.137. The molecule has 2 fully saturated rings. The highest BCUT2D eigenvalue weighted by Gasteiger charge is 2.33. The van der Waals surface area contributed by atoms with Crippen molar-refractivity contribution in [3.8, 4) is 0 Å². The summed E-state index contributed by atoms with van der Waals surface area (Å²) in [6.45, 7) is 5.85. The first-order valence-corrected chi connectivity index (χ1v) is 12.2. The second-order valence-corrected chi connectivity index (χ2v) is 9.26. The fourth-order valence-electron chi connectivity index (χ4n) is 4.16. The maximum atomic E-state index is 13.1. The third-order valence-corrected chi connectivity index (χ3v) is 6.96. The molecular weight excluding hydrogens is 450 g/mol. The fourth-order valence-corrected chi connectivity index (χ4v) is 5.01. The van der Waals surface area contributed by atoms with Gasteiger partial charge in [0, 0.05) is 62.2 Å². The van der Waals surface area contributed by atoms with E-state index in [2.05, 4.69) is 9.27 Å². The van der Waals surface area contributed by atoms with Gasteiger partial charge in [-0.1, -0.05) is 23.7 Å². The van der Waals surface area contributed by atoms with Gasteiger partial charge in [0.05, 0.1) is 12.5 Å². The van der Waals surface area contributed by atoms with Crippen molar-refractivity contribution in [2.45, 2.75) is 26.2 Å². The number of rotatable bonds is 5. The number of benzene rings is 1. The van der Waals surface area contributed by atoms with Crippen LogP contribution < -0.4 is 4.90 Å². The third-order valence-electron chi connectivity index (χ3n) is 5.89. The largest absolute Gasteiger partial charge is 0.450 e. The molecule has 0 bridgehead atoms. The number of carbonyl (C=O) groups is 2. The minimum absolute atomic E-state index is 0.0542. The normalized spacial score (nSPS) is 19.2. The summed E-state index contributed by atoms with van der Waals surface area (Å²) in [5, 5.41) is 1.59. The zero-order chi connectivity index (χ0) is 22.5. The second-order valence-electron chi connectivity index (χ2n) is 8.09. The summed E-state index contributed by atoms with van der Waals surface area (Å²) >= 11 is 7.35. The van der Waals surface area contributed by atoms with Crippen LogP contribution in [0.3, 0.4) is 0 Å². The van der Waals surface area contributed by atoms with Crippen molar-refractivity contribution in [1.29, 1.82) is 0 Å². The average molecular weight is 478 g/mol. The molecule has 10 heteroatoms. The first kappa shape index (κ1) is 22.8. The van der Waals surface area contributed by atoms with E-state index in [0.29, 0.717) is 50.8 Å². The van der Waals surface area contributed by atoms with Crippen LogP contribution in [0.5, 0.6) is 0 Å². The molecule has 0 radical (unpaired) electrons. The van der Waals surface area contributed by atoms with E-state index in [1.165, 1.54) is 11.5 Å². The summed E-state index contributed by atoms with van der Waals surface area (Å²) in [4.78, 5) is 35.5. The molecule has 3 heterocycles. The van der Waals surface area contributed by atoms with Crippen molar-refractivity contribution < 1.29 is 14.3 Å². The lowest BCUT2D eigenvalue weighted by atomic mass is 9.96. The topological polar surface area (TPSA) is 78.9 Å². The van der Waals surface area contributed by atoms with Crippen LogP contribution in [0.15, 0.2) is 24.3 Å². The number of carbonyl (C=O) groups excluding carboxylic acids is 2. The van der Waals surface area contributed by atoms with Crippen LogP contribution in [0.1, 0.15) is 31.2 Å². The standard InChI is InChI=1S/C22H28ClN5O3S/c1-2-31-22(30)27-12-10-26(11-13-27)20(29)17-4-3-9-28(15-17)21-24-19(25-32-21)14-16-5-7-18(23)8-6-16/h5-8,17H,2-4,9-15H2,1H3. The van der Waals surface area contributed by atoms with Crippen molar-refractivity contribution >= 4 is 40.3 Å². The molecule has 2 aliphatic rings. The van der Waals surface area contributed by atoms with Gasteiger partial charge in [-0.25, -0.2) is 9.78 Å². The summed E-state index contributed by atoms with van der Waals surface area (Å²) in [6, 6.07) is 7.72. The van der Waals surface area contributed by atoms with Crippen molar-refractivity contribution in [2.75, 3.05) is 50.8 Å². The summed E-state index contributed by atoms with van der Waals surface area (Å²) in [7, 11) is 0. The molecule has 1 aromatic carbocycles. The number of piperazine rings is 1. The van der Waals surface area contributed by atoms with Crippen molar-refractivity contribution in [3.63, 3.8) is 0 Å². The molecule has 1 unspecified atom stereocenters. The first-order chi connectivity index (χ1) is 15.5. The Hall–Kier alpha value is -2.39. The van der Waals surface area contributed by atoms with E-state index in [-0.39, 0.29) is 17.9 Å².